The normalized spacial score (nSPS) is 22.3. The van der Waals surface area contributed by atoms with Crippen LogP contribution in [0.5, 0.6) is 0 Å². The third-order valence-electron chi connectivity index (χ3n) is 6.74. The Bertz CT molecular complexity index is 1220. The summed E-state index contributed by atoms with van der Waals surface area (Å²) in [6, 6.07) is 12.0. The fourth-order valence-corrected chi connectivity index (χ4v) is 5.18. The van der Waals surface area contributed by atoms with Gasteiger partial charge in [0.05, 0.1) is 46.0 Å². The summed E-state index contributed by atoms with van der Waals surface area (Å²) in [7, 11) is 0. The number of hydrogen-bond donors (Lipinski definition) is 1. The van der Waals surface area contributed by atoms with Gasteiger partial charge in [0.1, 0.15) is 0 Å². The lowest BCUT2D eigenvalue weighted by Crippen LogP contribution is -2.34. The molecule has 1 aliphatic heterocycles. The fraction of sp³-hybridized carbons (Fsp3) is 0.393. The van der Waals surface area contributed by atoms with E-state index in [2.05, 4.69) is 5.32 Å². The first-order valence-electron chi connectivity index (χ1n) is 12.7. The summed E-state index contributed by atoms with van der Waals surface area (Å²) < 4.78 is 10.2. The maximum Gasteiger partial charge on any atom is 0.338 e. The summed E-state index contributed by atoms with van der Waals surface area (Å²) in [5, 5.41) is 1.83. The number of amides is 3. The zero-order valence-electron chi connectivity index (χ0n) is 21.2. The van der Waals surface area contributed by atoms with E-state index in [9.17, 15) is 24.0 Å². The number of benzene rings is 2. The molecule has 3 amide bonds. The van der Waals surface area contributed by atoms with Crippen LogP contribution in [0, 0.1) is 11.8 Å². The second-order valence-electron chi connectivity index (χ2n) is 9.47. The second-order valence-corrected chi connectivity index (χ2v) is 10.6. The van der Waals surface area contributed by atoms with Crippen molar-refractivity contribution in [3.8, 4) is 0 Å². The Kier molecular flexibility index (Phi) is 9.24. The highest BCUT2D eigenvalue weighted by molar-refractivity contribution is 6.31. The second kappa shape index (κ2) is 12.6. The van der Waals surface area contributed by atoms with Gasteiger partial charge in [0.25, 0.3) is 5.91 Å². The third-order valence-corrected chi connectivity index (χ3v) is 7.84. The standard InChI is InChI=1S/C28H28Cl2N2O7/c1-2-3-12-38-27(36)16-4-8-18(9-5-16)31-24(33)15-39-28(37)17-6-10-19(11-7-17)32-25(34)20-13-22(29)23(30)14-21(20)26(32)35/h4-11,20-23H,2-3,12-15H2,1H3,(H,31,33)/t20-,21-,22+,23+/m1/s1. The highest BCUT2D eigenvalue weighted by atomic mass is 35.5. The number of alkyl halides is 2. The Labute approximate surface area is 235 Å². The molecular weight excluding hydrogens is 547 g/mol. The zero-order valence-corrected chi connectivity index (χ0v) is 22.7. The monoisotopic (exact) mass is 574 g/mol. The van der Waals surface area contributed by atoms with Crippen LogP contribution in [0.1, 0.15) is 53.3 Å². The number of hydrogen-bond acceptors (Lipinski definition) is 7. The minimum absolute atomic E-state index is 0.149. The molecule has 4 atom stereocenters. The number of fused-ring (bicyclic) bond motifs is 1. The first kappa shape index (κ1) is 28.6. The fourth-order valence-electron chi connectivity index (χ4n) is 4.59. The van der Waals surface area contributed by atoms with Crippen LogP contribution in [-0.4, -0.2) is 53.6 Å². The molecule has 2 fully saturated rings. The predicted molar refractivity (Wildman–Crippen MR) is 145 cm³/mol. The van der Waals surface area contributed by atoms with Gasteiger partial charge < -0.3 is 14.8 Å². The summed E-state index contributed by atoms with van der Waals surface area (Å²) in [6.07, 6.45) is 2.38. The van der Waals surface area contributed by atoms with Gasteiger partial charge in [-0.1, -0.05) is 13.3 Å². The molecule has 206 valence electrons. The zero-order chi connectivity index (χ0) is 28.1. The first-order valence-corrected chi connectivity index (χ1v) is 13.6. The highest BCUT2D eigenvalue weighted by Crippen LogP contribution is 2.43. The molecule has 2 aliphatic rings. The van der Waals surface area contributed by atoms with Gasteiger partial charge in [-0.25, -0.2) is 9.59 Å². The third kappa shape index (κ3) is 6.59. The summed E-state index contributed by atoms with van der Waals surface area (Å²) in [5.41, 5.74) is 1.27. The average molecular weight is 575 g/mol. The summed E-state index contributed by atoms with van der Waals surface area (Å²) in [6.45, 7) is 1.81. The number of nitrogens with zero attached hydrogens (tertiary/aromatic N) is 1. The first-order chi connectivity index (χ1) is 18.7. The Morgan fingerprint density at radius 2 is 1.36 bits per heavy atom. The van der Waals surface area contributed by atoms with Crippen LogP contribution in [0.2, 0.25) is 0 Å². The van der Waals surface area contributed by atoms with Gasteiger partial charge in [-0.05, 0) is 67.8 Å². The maximum absolute atomic E-state index is 12.9. The lowest BCUT2D eigenvalue weighted by atomic mass is 9.80. The number of ether oxygens (including phenoxy) is 2. The molecule has 39 heavy (non-hydrogen) atoms. The van der Waals surface area contributed by atoms with E-state index >= 15 is 0 Å². The lowest BCUT2D eigenvalue weighted by molar-refractivity contribution is -0.122. The molecule has 1 N–H and O–H groups in total. The molecule has 1 aliphatic carbocycles. The molecule has 0 unspecified atom stereocenters. The Morgan fingerprint density at radius 3 is 1.90 bits per heavy atom. The highest BCUT2D eigenvalue weighted by Gasteiger charge is 2.52. The molecule has 0 bridgehead atoms. The Balaban J connectivity index is 1.28. The molecule has 11 heteroatoms. The molecule has 2 aromatic rings. The van der Waals surface area contributed by atoms with Gasteiger partial charge in [-0.15, -0.1) is 23.2 Å². The van der Waals surface area contributed by atoms with Crippen molar-refractivity contribution in [1.82, 2.24) is 0 Å². The Morgan fingerprint density at radius 1 is 0.846 bits per heavy atom. The molecule has 4 rings (SSSR count). The van der Waals surface area contributed by atoms with Gasteiger partial charge in [0.2, 0.25) is 11.8 Å². The molecule has 1 heterocycles. The molecule has 9 nitrogen and oxygen atoms in total. The number of rotatable bonds is 9. The van der Waals surface area contributed by atoms with Crippen molar-refractivity contribution < 1.29 is 33.4 Å². The molecule has 2 aromatic carbocycles. The molecule has 0 radical (unpaired) electrons. The number of nitrogens with one attached hydrogen (secondary N) is 1. The number of carbonyl (C=O) groups excluding carboxylic acids is 5. The number of halogens is 2. The average Bonchev–Trinajstić information content (AvgIpc) is 3.16. The predicted octanol–water partition coefficient (Wildman–Crippen LogP) is 4.55. The number of esters is 2. The Hall–Kier alpha value is -3.43. The van der Waals surface area contributed by atoms with Crippen LogP contribution in [0.15, 0.2) is 48.5 Å². The van der Waals surface area contributed by atoms with Gasteiger partial charge in [0, 0.05) is 5.69 Å². The van der Waals surface area contributed by atoms with Crippen molar-refractivity contribution in [1.29, 1.82) is 0 Å². The van der Waals surface area contributed by atoms with E-state index in [1.54, 1.807) is 12.1 Å². The summed E-state index contributed by atoms with van der Waals surface area (Å²) in [5.74, 6) is -3.41. The van der Waals surface area contributed by atoms with E-state index in [4.69, 9.17) is 32.7 Å². The van der Waals surface area contributed by atoms with E-state index in [1.807, 2.05) is 6.92 Å². The number of imide groups is 1. The van der Waals surface area contributed by atoms with Crippen molar-refractivity contribution >= 4 is 64.2 Å². The number of unbranched alkanes of at least 4 members (excludes halogenated alkanes) is 1. The van der Waals surface area contributed by atoms with Gasteiger partial charge in [0.15, 0.2) is 6.61 Å². The quantitative estimate of drug-likeness (QED) is 0.202. The molecule has 1 saturated heterocycles. The van der Waals surface area contributed by atoms with E-state index < -0.39 is 36.3 Å². The number of carbonyl (C=O) groups is 5. The molecule has 0 aromatic heterocycles. The van der Waals surface area contributed by atoms with Crippen LogP contribution >= 0.6 is 23.2 Å². The van der Waals surface area contributed by atoms with Crippen molar-refractivity contribution in [3.05, 3.63) is 59.7 Å². The van der Waals surface area contributed by atoms with Crippen LogP contribution in [0.25, 0.3) is 0 Å². The smallest absolute Gasteiger partial charge is 0.338 e. The largest absolute Gasteiger partial charge is 0.462 e. The lowest BCUT2D eigenvalue weighted by Gasteiger charge is -2.28. The van der Waals surface area contributed by atoms with Crippen molar-refractivity contribution in [3.63, 3.8) is 0 Å². The molecular formula is C28H28Cl2N2O7. The van der Waals surface area contributed by atoms with Crippen LogP contribution < -0.4 is 10.2 Å². The van der Waals surface area contributed by atoms with Crippen molar-refractivity contribution in [2.24, 2.45) is 11.8 Å². The van der Waals surface area contributed by atoms with Crippen molar-refractivity contribution in [2.75, 3.05) is 23.4 Å². The van der Waals surface area contributed by atoms with Gasteiger partial charge in [-0.2, -0.15) is 0 Å². The summed E-state index contributed by atoms with van der Waals surface area (Å²) >= 11 is 12.4. The van der Waals surface area contributed by atoms with E-state index in [0.717, 1.165) is 17.7 Å². The minimum atomic E-state index is -0.746. The van der Waals surface area contributed by atoms with E-state index in [-0.39, 0.29) is 28.1 Å². The molecule has 0 spiro atoms. The SMILES string of the molecule is CCCCOC(=O)c1ccc(NC(=O)COC(=O)c2ccc(N3C(=O)[C@@H]4C[C@H](Cl)[C@@H](Cl)C[C@H]4C3=O)cc2)cc1. The van der Waals surface area contributed by atoms with Crippen LogP contribution in [0.4, 0.5) is 11.4 Å². The van der Waals surface area contributed by atoms with Crippen LogP contribution in [0.3, 0.4) is 0 Å². The van der Waals surface area contributed by atoms with Gasteiger partial charge in [-0.3, -0.25) is 19.3 Å². The van der Waals surface area contributed by atoms with E-state index in [0.29, 0.717) is 36.4 Å². The minimum Gasteiger partial charge on any atom is -0.462 e. The summed E-state index contributed by atoms with van der Waals surface area (Å²) in [4.78, 5) is 63.5. The van der Waals surface area contributed by atoms with Crippen molar-refractivity contribution in [2.45, 2.75) is 43.4 Å². The number of anilines is 2. The molecule has 1 saturated carbocycles. The van der Waals surface area contributed by atoms with Gasteiger partial charge >= 0.3 is 11.9 Å². The maximum atomic E-state index is 12.9. The van der Waals surface area contributed by atoms with E-state index in [1.165, 1.54) is 36.4 Å². The topological polar surface area (TPSA) is 119 Å². The van der Waals surface area contributed by atoms with Crippen LogP contribution in [-0.2, 0) is 23.9 Å².